The van der Waals surface area contributed by atoms with Crippen molar-refractivity contribution < 1.29 is 14.7 Å². The fraction of sp³-hybridized carbons (Fsp3) is 0.0952. The lowest BCUT2D eigenvalue weighted by Gasteiger charge is -2.25. The van der Waals surface area contributed by atoms with E-state index in [4.69, 9.17) is 11.6 Å². The van der Waals surface area contributed by atoms with Crippen molar-refractivity contribution in [1.29, 1.82) is 0 Å². The lowest BCUT2D eigenvalue weighted by atomic mass is 9.98. The van der Waals surface area contributed by atoms with E-state index in [0.717, 1.165) is 10.4 Å². The van der Waals surface area contributed by atoms with Crippen LogP contribution in [0.4, 0.5) is 5.69 Å². The van der Waals surface area contributed by atoms with Crippen LogP contribution < -0.4 is 4.90 Å². The van der Waals surface area contributed by atoms with Gasteiger partial charge in [0.25, 0.3) is 11.7 Å². The van der Waals surface area contributed by atoms with Crippen LogP contribution in [0.3, 0.4) is 0 Å². The van der Waals surface area contributed by atoms with Gasteiger partial charge in [0.05, 0.1) is 5.57 Å². The van der Waals surface area contributed by atoms with E-state index in [2.05, 4.69) is 4.98 Å². The fourth-order valence-corrected chi connectivity index (χ4v) is 4.43. The molecule has 1 aliphatic rings. The molecule has 1 aromatic carbocycles. The molecule has 1 aliphatic heterocycles. The monoisotopic (exact) mass is 410 g/mol. The second-order valence-electron chi connectivity index (χ2n) is 6.35. The molecule has 140 valence electrons. The Kier molecular flexibility index (Phi) is 4.75. The molecule has 4 rings (SSSR count). The van der Waals surface area contributed by atoms with Gasteiger partial charge in [-0.05, 0) is 60.3 Å². The van der Waals surface area contributed by atoms with Crippen molar-refractivity contribution >= 4 is 46.1 Å². The lowest BCUT2D eigenvalue weighted by molar-refractivity contribution is -0.132. The third-order valence-electron chi connectivity index (χ3n) is 4.65. The maximum absolute atomic E-state index is 12.9. The molecule has 1 unspecified atom stereocenters. The predicted molar refractivity (Wildman–Crippen MR) is 110 cm³/mol. The minimum absolute atomic E-state index is 0.0664. The molecule has 0 aliphatic carbocycles. The largest absolute Gasteiger partial charge is 0.507 e. The number of carbonyl (C=O) groups excluding carboxylic acids is 2. The van der Waals surface area contributed by atoms with Gasteiger partial charge in [0.1, 0.15) is 11.8 Å². The number of benzene rings is 1. The molecule has 7 heteroatoms. The summed E-state index contributed by atoms with van der Waals surface area (Å²) in [5.74, 6) is -1.62. The Morgan fingerprint density at radius 1 is 1.11 bits per heavy atom. The van der Waals surface area contributed by atoms with Gasteiger partial charge in [-0.15, -0.1) is 11.3 Å². The van der Waals surface area contributed by atoms with E-state index >= 15 is 0 Å². The highest BCUT2D eigenvalue weighted by Gasteiger charge is 2.47. The van der Waals surface area contributed by atoms with Gasteiger partial charge in [-0.3, -0.25) is 19.5 Å². The molecule has 0 spiro atoms. The molecular formula is C21H15ClN2O3S. The summed E-state index contributed by atoms with van der Waals surface area (Å²) in [7, 11) is 0. The molecule has 1 atom stereocenters. The van der Waals surface area contributed by atoms with Crippen LogP contribution in [0, 0.1) is 6.92 Å². The predicted octanol–water partition coefficient (Wildman–Crippen LogP) is 4.73. The van der Waals surface area contributed by atoms with Crippen LogP contribution in [0.1, 0.15) is 22.0 Å². The number of hydrogen-bond acceptors (Lipinski definition) is 5. The third kappa shape index (κ3) is 3.00. The second kappa shape index (κ2) is 7.22. The molecule has 3 heterocycles. The molecule has 1 N–H and O–H groups in total. The summed E-state index contributed by atoms with van der Waals surface area (Å²) < 4.78 is 0. The molecule has 1 saturated heterocycles. The summed E-state index contributed by atoms with van der Waals surface area (Å²) >= 11 is 7.42. The van der Waals surface area contributed by atoms with Gasteiger partial charge in [0, 0.05) is 33.5 Å². The van der Waals surface area contributed by atoms with E-state index in [9.17, 15) is 14.7 Å². The Morgan fingerprint density at radius 2 is 1.79 bits per heavy atom. The first-order valence-electron chi connectivity index (χ1n) is 8.50. The quantitative estimate of drug-likeness (QED) is 0.385. The Labute approximate surface area is 170 Å². The standard InChI is InChI=1S/C21H15ClN2O3S/c1-12-8-11-28-20(12)17-16(18(25)13-6-9-23-10-7-13)19(26)21(27)24(17)15-4-2-14(22)3-5-15/h2-11,17,25H,1H3/b18-16-. The van der Waals surface area contributed by atoms with E-state index in [1.54, 1.807) is 36.4 Å². The number of aliphatic hydroxyl groups excluding tert-OH is 1. The maximum Gasteiger partial charge on any atom is 0.300 e. The first kappa shape index (κ1) is 18.4. The van der Waals surface area contributed by atoms with Gasteiger partial charge in [-0.1, -0.05) is 11.6 Å². The van der Waals surface area contributed by atoms with Gasteiger partial charge in [-0.25, -0.2) is 0 Å². The molecule has 0 bridgehead atoms. The topological polar surface area (TPSA) is 70.5 Å². The van der Waals surface area contributed by atoms with Crippen molar-refractivity contribution in [1.82, 2.24) is 4.98 Å². The molecule has 1 fully saturated rings. The van der Waals surface area contributed by atoms with Crippen LogP contribution in [0.5, 0.6) is 0 Å². The van der Waals surface area contributed by atoms with Gasteiger partial charge >= 0.3 is 0 Å². The zero-order valence-electron chi connectivity index (χ0n) is 14.8. The van der Waals surface area contributed by atoms with E-state index in [0.29, 0.717) is 16.3 Å². The van der Waals surface area contributed by atoms with Crippen LogP contribution in [-0.2, 0) is 9.59 Å². The molecule has 28 heavy (non-hydrogen) atoms. The highest BCUT2D eigenvalue weighted by Crippen LogP contribution is 2.44. The number of aromatic nitrogens is 1. The maximum atomic E-state index is 12.9. The Bertz CT molecular complexity index is 1090. The molecule has 3 aromatic rings. The molecule has 0 saturated carbocycles. The number of carbonyl (C=O) groups is 2. The number of ketones is 1. The van der Waals surface area contributed by atoms with Crippen molar-refractivity contribution in [3.05, 3.63) is 86.8 Å². The van der Waals surface area contributed by atoms with Crippen LogP contribution >= 0.6 is 22.9 Å². The van der Waals surface area contributed by atoms with Crippen LogP contribution in [0.2, 0.25) is 5.02 Å². The molecule has 5 nitrogen and oxygen atoms in total. The van der Waals surface area contributed by atoms with Crippen molar-refractivity contribution in [2.24, 2.45) is 0 Å². The summed E-state index contributed by atoms with van der Waals surface area (Å²) in [4.78, 5) is 32.1. The molecule has 0 radical (unpaired) electrons. The Balaban J connectivity index is 1.95. The average Bonchev–Trinajstić information content (AvgIpc) is 3.24. The smallest absolute Gasteiger partial charge is 0.300 e. The van der Waals surface area contributed by atoms with E-state index in [-0.39, 0.29) is 11.3 Å². The van der Waals surface area contributed by atoms with Crippen LogP contribution in [0.25, 0.3) is 5.76 Å². The summed E-state index contributed by atoms with van der Waals surface area (Å²) in [5, 5.41) is 13.3. The number of anilines is 1. The fourth-order valence-electron chi connectivity index (χ4n) is 3.28. The number of aryl methyl sites for hydroxylation is 1. The van der Waals surface area contributed by atoms with E-state index < -0.39 is 17.7 Å². The number of rotatable bonds is 3. The molecule has 1 amide bonds. The first-order chi connectivity index (χ1) is 13.5. The van der Waals surface area contributed by atoms with Gasteiger partial charge in [0.2, 0.25) is 0 Å². The van der Waals surface area contributed by atoms with E-state index in [1.165, 1.54) is 28.6 Å². The van der Waals surface area contributed by atoms with Crippen LogP contribution in [0.15, 0.2) is 65.8 Å². The summed E-state index contributed by atoms with van der Waals surface area (Å²) in [6, 6.07) is 11.1. The number of hydrogen-bond donors (Lipinski definition) is 1. The SMILES string of the molecule is Cc1ccsc1C1/C(=C(/O)c2ccncc2)C(=O)C(=O)N1c1ccc(Cl)cc1. The number of halogens is 1. The third-order valence-corrected chi connectivity index (χ3v) is 5.98. The van der Waals surface area contributed by atoms with Crippen LogP contribution in [-0.4, -0.2) is 21.8 Å². The van der Waals surface area contributed by atoms with Crippen molar-refractivity contribution in [3.63, 3.8) is 0 Å². The number of pyridine rings is 1. The molecule has 2 aromatic heterocycles. The number of aliphatic hydroxyl groups is 1. The average molecular weight is 411 g/mol. The number of thiophene rings is 1. The van der Waals surface area contributed by atoms with Crippen molar-refractivity contribution in [2.75, 3.05) is 4.90 Å². The minimum Gasteiger partial charge on any atom is -0.507 e. The number of amides is 1. The zero-order valence-corrected chi connectivity index (χ0v) is 16.4. The Hall–Kier alpha value is -2.96. The Morgan fingerprint density at radius 3 is 2.39 bits per heavy atom. The highest BCUT2D eigenvalue weighted by molar-refractivity contribution is 7.10. The summed E-state index contributed by atoms with van der Waals surface area (Å²) in [6.07, 6.45) is 3.05. The normalized spacial score (nSPS) is 18.6. The van der Waals surface area contributed by atoms with Gasteiger partial charge in [0.15, 0.2) is 0 Å². The minimum atomic E-state index is -0.720. The first-order valence-corrected chi connectivity index (χ1v) is 9.75. The lowest BCUT2D eigenvalue weighted by Crippen LogP contribution is -2.29. The zero-order chi connectivity index (χ0) is 19.8. The van der Waals surface area contributed by atoms with Gasteiger partial charge < -0.3 is 5.11 Å². The summed E-state index contributed by atoms with van der Waals surface area (Å²) in [6.45, 7) is 1.92. The number of nitrogens with zero attached hydrogens (tertiary/aromatic N) is 2. The molecular weight excluding hydrogens is 396 g/mol. The highest BCUT2D eigenvalue weighted by atomic mass is 35.5. The number of Topliss-reactive ketones (excluding diaryl/α,β-unsaturated/α-hetero) is 1. The van der Waals surface area contributed by atoms with Gasteiger partial charge in [-0.2, -0.15) is 0 Å². The van der Waals surface area contributed by atoms with Crippen molar-refractivity contribution in [2.45, 2.75) is 13.0 Å². The summed E-state index contributed by atoms with van der Waals surface area (Å²) in [5.41, 5.74) is 1.98. The van der Waals surface area contributed by atoms with Crippen molar-refractivity contribution in [3.8, 4) is 0 Å². The van der Waals surface area contributed by atoms with E-state index in [1.807, 2.05) is 18.4 Å². The second-order valence-corrected chi connectivity index (χ2v) is 7.73.